The molecule has 0 radical (unpaired) electrons. The van der Waals surface area contributed by atoms with Gasteiger partial charge in [0.15, 0.2) is 5.84 Å². The van der Waals surface area contributed by atoms with E-state index in [2.05, 4.69) is 15.8 Å². The largest absolute Gasteiger partial charge is 0.368 e. The third-order valence-electron chi connectivity index (χ3n) is 6.88. The molecule has 4 aliphatic heterocycles. The predicted octanol–water partition coefficient (Wildman–Crippen LogP) is 2.98. The number of halogens is 2. The molecule has 186 valence electrons. The van der Waals surface area contributed by atoms with Crippen LogP contribution in [0.15, 0.2) is 59.2 Å². The molecule has 8 nitrogen and oxygen atoms in total. The number of nitrogens with one attached hydrogen (secondary N) is 2. The molecule has 3 unspecified atom stereocenters. The smallest absolute Gasteiger partial charge is 0.273 e. The maximum Gasteiger partial charge on any atom is 0.273 e. The molecule has 0 aliphatic carbocycles. The van der Waals surface area contributed by atoms with Gasteiger partial charge in [-0.1, -0.05) is 17.3 Å². The Kier molecular flexibility index (Phi) is 5.50. The van der Waals surface area contributed by atoms with Crippen LogP contribution in [0.5, 0.6) is 0 Å². The molecule has 11 heteroatoms. The van der Waals surface area contributed by atoms with Gasteiger partial charge in [0.2, 0.25) is 6.23 Å². The molecular weight excluding hydrogens is 476 g/mol. The molecule has 35 heavy (non-hydrogen) atoms. The first-order valence-corrected chi connectivity index (χ1v) is 12.6. The molecule has 0 aromatic heterocycles. The van der Waals surface area contributed by atoms with Crippen LogP contribution in [0.1, 0.15) is 31.4 Å². The number of hydrogen-bond acceptors (Lipinski definition) is 7. The number of benzene rings is 1. The van der Waals surface area contributed by atoms with Crippen molar-refractivity contribution in [3.63, 3.8) is 0 Å². The Balaban J connectivity index is 1.30. The Morgan fingerprint density at radius 2 is 2.14 bits per heavy atom. The van der Waals surface area contributed by atoms with Crippen molar-refractivity contribution in [1.82, 2.24) is 15.1 Å². The zero-order chi connectivity index (χ0) is 25.1. The van der Waals surface area contributed by atoms with Crippen molar-refractivity contribution < 1.29 is 22.6 Å². The summed E-state index contributed by atoms with van der Waals surface area (Å²) in [5, 5.41) is 10.2. The molecule has 1 fully saturated rings. The second kappa shape index (κ2) is 8.18. The number of rotatable bonds is 6. The van der Waals surface area contributed by atoms with Crippen molar-refractivity contribution >= 4 is 28.2 Å². The molecule has 0 bridgehead atoms. The van der Waals surface area contributed by atoms with Gasteiger partial charge >= 0.3 is 0 Å². The highest BCUT2D eigenvalue weighted by Crippen LogP contribution is 2.39. The van der Waals surface area contributed by atoms with Gasteiger partial charge in [-0.25, -0.2) is 8.78 Å². The van der Waals surface area contributed by atoms with E-state index in [0.29, 0.717) is 29.4 Å². The Morgan fingerprint density at radius 1 is 1.40 bits per heavy atom. The number of amides is 1. The van der Waals surface area contributed by atoms with Crippen molar-refractivity contribution in [2.24, 2.45) is 5.16 Å². The first-order chi connectivity index (χ1) is 16.5. The Hall–Kier alpha value is -3.21. The van der Waals surface area contributed by atoms with Gasteiger partial charge in [-0.15, -0.1) is 0 Å². The predicted molar refractivity (Wildman–Crippen MR) is 130 cm³/mol. The van der Waals surface area contributed by atoms with E-state index in [-0.39, 0.29) is 22.5 Å². The number of alkyl halides is 2. The molecule has 4 aliphatic rings. The second-order valence-corrected chi connectivity index (χ2v) is 11.6. The SMILES string of the molecule is Cc1ccc(C2=NOC(C[C@@]3(C)CS3=O)N2C)cc1NC(=O)C1=CNC2(C)C=C(C(F)F)C=CN12. The third kappa shape index (κ3) is 4.11. The summed E-state index contributed by atoms with van der Waals surface area (Å²) in [7, 11) is 1.06. The number of allylic oxidation sites excluding steroid dienone is 2. The normalized spacial score (nSPS) is 30.9. The van der Waals surface area contributed by atoms with Gasteiger partial charge in [0.05, 0.1) is 4.75 Å². The number of hydrogen-bond donors (Lipinski definition) is 2. The van der Waals surface area contributed by atoms with Gasteiger partial charge in [-0.3, -0.25) is 9.00 Å². The number of nitrogens with zero attached hydrogens (tertiary/aromatic N) is 3. The summed E-state index contributed by atoms with van der Waals surface area (Å²) < 4.78 is 37.9. The van der Waals surface area contributed by atoms with Crippen LogP contribution in [-0.4, -0.2) is 61.6 Å². The highest BCUT2D eigenvalue weighted by atomic mass is 32.2. The van der Waals surface area contributed by atoms with Crippen molar-refractivity contribution in [2.75, 3.05) is 18.1 Å². The molecule has 0 spiro atoms. The van der Waals surface area contributed by atoms with Crippen molar-refractivity contribution in [1.29, 1.82) is 0 Å². The van der Waals surface area contributed by atoms with E-state index in [1.54, 1.807) is 11.8 Å². The van der Waals surface area contributed by atoms with E-state index in [1.807, 2.05) is 44.0 Å². The van der Waals surface area contributed by atoms with Crippen LogP contribution < -0.4 is 10.6 Å². The third-order valence-corrected chi connectivity index (χ3v) is 8.85. The van der Waals surface area contributed by atoms with E-state index in [1.165, 1.54) is 24.6 Å². The van der Waals surface area contributed by atoms with Gasteiger partial charge < -0.3 is 25.3 Å². The van der Waals surface area contributed by atoms with Gasteiger partial charge in [0.1, 0.15) is 11.4 Å². The molecule has 5 rings (SSSR count). The summed E-state index contributed by atoms with van der Waals surface area (Å²) in [6.45, 7) is 5.59. The van der Waals surface area contributed by atoms with Crippen molar-refractivity contribution in [3.8, 4) is 0 Å². The van der Waals surface area contributed by atoms with Crippen LogP contribution in [-0.2, 0) is 20.4 Å². The molecule has 0 saturated carbocycles. The Morgan fingerprint density at radius 3 is 2.83 bits per heavy atom. The number of aryl methyl sites for hydroxylation is 1. The van der Waals surface area contributed by atoms with Gasteiger partial charge in [0, 0.05) is 59.2 Å². The number of oxime groups is 1. The molecular formula is C24H27F2N5O3S. The Bertz CT molecular complexity index is 1250. The number of amidine groups is 1. The van der Waals surface area contributed by atoms with E-state index in [9.17, 15) is 17.8 Å². The molecule has 2 N–H and O–H groups in total. The number of anilines is 1. The number of carbonyl (C=O) groups is 1. The summed E-state index contributed by atoms with van der Waals surface area (Å²) >= 11 is 0. The van der Waals surface area contributed by atoms with Crippen LogP contribution in [0.25, 0.3) is 0 Å². The minimum Gasteiger partial charge on any atom is -0.368 e. The number of fused-ring (bicyclic) bond motifs is 1. The van der Waals surface area contributed by atoms with E-state index < -0.39 is 22.9 Å². The lowest BCUT2D eigenvalue weighted by molar-refractivity contribution is -0.114. The fraction of sp³-hybridized carbons (Fsp3) is 0.417. The second-order valence-electron chi connectivity index (χ2n) is 9.67. The zero-order valence-corrected chi connectivity index (χ0v) is 20.7. The maximum absolute atomic E-state index is 13.2. The Labute approximate surface area is 204 Å². The van der Waals surface area contributed by atoms with E-state index >= 15 is 0 Å². The van der Waals surface area contributed by atoms with Crippen LogP contribution in [0.3, 0.4) is 0 Å². The molecule has 1 aromatic rings. The van der Waals surface area contributed by atoms with Crippen molar-refractivity contribution in [2.45, 2.75) is 50.3 Å². The summed E-state index contributed by atoms with van der Waals surface area (Å²) in [5.41, 5.74) is 1.48. The number of carbonyl (C=O) groups excluding carboxylic acids is 1. The lowest BCUT2D eigenvalue weighted by Gasteiger charge is -2.36. The van der Waals surface area contributed by atoms with Crippen LogP contribution in [0.4, 0.5) is 14.5 Å². The molecule has 4 heterocycles. The first kappa shape index (κ1) is 23.5. The van der Waals surface area contributed by atoms with Crippen LogP contribution in [0.2, 0.25) is 0 Å². The van der Waals surface area contributed by atoms with Gasteiger partial charge in [-0.05, 0) is 44.6 Å². The molecule has 4 atom stereocenters. The van der Waals surface area contributed by atoms with Crippen LogP contribution in [0, 0.1) is 6.92 Å². The highest BCUT2D eigenvalue weighted by Gasteiger charge is 2.51. The van der Waals surface area contributed by atoms with E-state index in [0.717, 1.165) is 11.1 Å². The highest BCUT2D eigenvalue weighted by molar-refractivity contribution is 7.94. The quantitative estimate of drug-likeness (QED) is 0.581. The fourth-order valence-corrected chi connectivity index (χ4v) is 5.54. The summed E-state index contributed by atoms with van der Waals surface area (Å²) in [4.78, 5) is 22.3. The molecule has 1 amide bonds. The average molecular weight is 504 g/mol. The van der Waals surface area contributed by atoms with Gasteiger partial charge in [0.25, 0.3) is 12.3 Å². The van der Waals surface area contributed by atoms with E-state index in [4.69, 9.17) is 4.84 Å². The lowest BCUT2D eigenvalue weighted by Crippen LogP contribution is -2.48. The molecule has 1 saturated heterocycles. The average Bonchev–Trinajstić information content (AvgIpc) is 3.08. The van der Waals surface area contributed by atoms with Crippen molar-refractivity contribution in [3.05, 3.63) is 65.1 Å². The topological polar surface area (TPSA) is 86.3 Å². The fourth-order valence-electron chi connectivity index (χ4n) is 4.46. The first-order valence-electron chi connectivity index (χ1n) is 11.2. The monoisotopic (exact) mass is 503 g/mol. The maximum atomic E-state index is 13.2. The lowest BCUT2D eigenvalue weighted by atomic mass is 10.0. The van der Waals surface area contributed by atoms with Gasteiger partial charge in [-0.2, -0.15) is 0 Å². The molecule has 1 aromatic carbocycles. The minimum absolute atomic E-state index is 0.0984. The van der Waals surface area contributed by atoms with Crippen LogP contribution >= 0.6 is 0 Å². The zero-order valence-electron chi connectivity index (χ0n) is 19.8. The standard InChI is InChI=1S/C24H27F2N5O3S/c1-14-5-6-15(21-29-34-19(30(21)4)11-23(2)13-35(23)33)9-17(14)28-22(32)18-12-27-24(3)10-16(20(25)26)7-8-31(18)24/h5-10,12,19-20,27H,11,13H2,1-4H3,(H,28,32)/t19?,23-,24?,35?/m0/s1. The summed E-state index contributed by atoms with van der Waals surface area (Å²) in [6.07, 6.45) is 3.47. The minimum atomic E-state index is -2.59. The summed E-state index contributed by atoms with van der Waals surface area (Å²) in [6, 6.07) is 5.62. The summed E-state index contributed by atoms with van der Waals surface area (Å²) in [5.74, 6) is 0.921.